The van der Waals surface area contributed by atoms with Crippen molar-refractivity contribution < 1.29 is 18.7 Å². The number of aliphatic hydroxyl groups excluding tert-OH is 1. The summed E-state index contributed by atoms with van der Waals surface area (Å²) >= 11 is 1.11. The number of nitriles is 1. The summed E-state index contributed by atoms with van der Waals surface area (Å²) in [5, 5.41) is 20.0. The number of piperazine rings is 1. The van der Waals surface area contributed by atoms with Crippen LogP contribution in [0.5, 0.6) is 0 Å². The number of pyridine rings is 1. The number of rotatable bonds is 7. The third-order valence-corrected chi connectivity index (χ3v) is 10.6. The number of hydrogen-bond acceptors (Lipinski definition) is 8. The first kappa shape index (κ1) is 32.8. The van der Waals surface area contributed by atoms with Crippen molar-refractivity contribution in [1.29, 1.82) is 5.26 Å². The van der Waals surface area contributed by atoms with Crippen LogP contribution < -0.4 is 4.90 Å². The van der Waals surface area contributed by atoms with E-state index in [0.29, 0.717) is 64.7 Å². The Morgan fingerprint density at radius 3 is 2.45 bits per heavy atom. The number of nitrogens with zero attached hydrogens (tertiary/aromatic N) is 7. The van der Waals surface area contributed by atoms with Gasteiger partial charge < -0.3 is 14.9 Å². The normalized spacial score (nSPS) is 16.9. The zero-order chi connectivity index (χ0) is 34.4. The molecule has 3 aromatic heterocycles. The molecule has 1 N–H and O–H groups in total. The van der Waals surface area contributed by atoms with Crippen LogP contribution in [0.3, 0.4) is 0 Å². The predicted molar refractivity (Wildman–Crippen MR) is 187 cm³/mol. The first-order chi connectivity index (χ1) is 23.6. The summed E-state index contributed by atoms with van der Waals surface area (Å²) in [5.41, 5.74) is 7.06. The van der Waals surface area contributed by atoms with Crippen LogP contribution in [0.4, 0.5) is 14.5 Å². The maximum atomic E-state index is 16.3. The lowest BCUT2D eigenvalue weighted by atomic mass is 9.99. The zero-order valence-corrected chi connectivity index (χ0v) is 28.5. The SMILES string of the molecule is CCc1nc2c(C)cc(N3CCN(CC(=O)N4CC[C@@H](O)C4)CC3)cn2c1-c1ccc(-c2nc(-c3ccc(F)cc3)c(C#N)s2)c(F)c1C. The molecule has 0 aliphatic carbocycles. The monoisotopic (exact) mass is 681 g/mol. The largest absolute Gasteiger partial charge is 0.391 e. The van der Waals surface area contributed by atoms with Gasteiger partial charge in [-0.05, 0) is 74.2 Å². The van der Waals surface area contributed by atoms with E-state index in [1.807, 2.05) is 19.9 Å². The molecular formula is C37H37F2N7O2S. The van der Waals surface area contributed by atoms with E-state index in [0.717, 1.165) is 71.4 Å². The van der Waals surface area contributed by atoms with Gasteiger partial charge in [0.15, 0.2) is 0 Å². The Kier molecular flexibility index (Phi) is 8.92. The Bertz CT molecular complexity index is 2090. The molecule has 1 amide bonds. The Morgan fingerprint density at radius 1 is 1.04 bits per heavy atom. The molecule has 2 fully saturated rings. The van der Waals surface area contributed by atoms with Gasteiger partial charge in [-0.15, -0.1) is 11.3 Å². The van der Waals surface area contributed by atoms with Gasteiger partial charge in [0.1, 0.15) is 33.2 Å². The van der Waals surface area contributed by atoms with Gasteiger partial charge in [0.25, 0.3) is 0 Å². The van der Waals surface area contributed by atoms with Gasteiger partial charge in [0, 0.05) is 62.2 Å². The minimum atomic E-state index is -0.420. The highest BCUT2D eigenvalue weighted by atomic mass is 32.1. The van der Waals surface area contributed by atoms with Crippen LogP contribution in [0.1, 0.15) is 35.0 Å². The summed E-state index contributed by atoms with van der Waals surface area (Å²) < 4.78 is 31.9. The Labute approximate surface area is 287 Å². The van der Waals surface area contributed by atoms with Crippen LogP contribution in [0, 0.1) is 36.8 Å². The number of aryl methyl sites for hydroxylation is 2. The highest BCUT2D eigenvalue weighted by Gasteiger charge is 2.28. The van der Waals surface area contributed by atoms with E-state index >= 15 is 4.39 Å². The van der Waals surface area contributed by atoms with Gasteiger partial charge >= 0.3 is 0 Å². The molecule has 0 unspecified atom stereocenters. The highest BCUT2D eigenvalue weighted by molar-refractivity contribution is 7.16. The lowest BCUT2D eigenvalue weighted by Crippen LogP contribution is -2.50. The van der Waals surface area contributed by atoms with E-state index in [1.54, 1.807) is 30.0 Å². The topological polar surface area (TPSA) is 101 Å². The maximum Gasteiger partial charge on any atom is 0.236 e. The van der Waals surface area contributed by atoms with Crippen LogP contribution in [-0.4, -0.2) is 87.1 Å². The number of imidazole rings is 1. The van der Waals surface area contributed by atoms with Crippen molar-refractivity contribution in [3.05, 3.63) is 82.0 Å². The minimum Gasteiger partial charge on any atom is -0.391 e. The second kappa shape index (κ2) is 13.3. The van der Waals surface area contributed by atoms with Gasteiger partial charge in [-0.2, -0.15) is 5.26 Å². The summed E-state index contributed by atoms with van der Waals surface area (Å²) in [5.74, 6) is -0.734. The second-order valence-corrected chi connectivity index (χ2v) is 13.8. The number of β-amino-alcohol motifs (C(OH)–C–C–N with tert-alkyl or cyclic N) is 1. The molecule has 0 radical (unpaired) electrons. The van der Waals surface area contributed by atoms with Crippen LogP contribution >= 0.6 is 11.3 Å². The van der Waals surface area contributed by atoms with Crippen LogP contribution in [-0.2, 0) is 11.2 Å². The number of amides is 1. The number of aliphatic hydroxyl groups is 1. The molecule has 0 spiro atoms. The number of anilines is 1. The van der Waals surface area contributed by atoms with Crippen molar-refractivity contribution in [2.24, 2.45) is 0 Å². The molecule has 49 heavy (non-hydrogen) atoms. The smallest absolute Gasteiger partial charge is 0.236 e. The summed E-state index contributed by atoms with van der Waals surface area (Å²) in [6.07, 6.45) is 2.96. The van der Waals surface area contributed by atoms with Crippen LogP contribution in [0.25, 0.3) is 38.7 Å². The lowest BCUT2D eigenvalue weighted by Gasteiger charge is -2.36. The Balaban J connectivity index is 1.18. The summed E-state index contributed by atoms with van der Waals surface area (Å²) in [7, 11) is 0. The fourth-order valence-electron chi connectivity index (χ4n) is 6.89. The molecule has 0 saturated carbocycles. The zero-order valence-electron chi connectivity index (χ0n) is 27.7. The molecule has 7 rings (SSSR count). The number of benzene rings is 2. The number of carbonyl (C=O) groups is 1. The third-order valence-electron chi connectivity index (χ3n) is 9.63. The van der Waals surface area contributed by atoms with Crippen molar-refractivity contribution in [2.75, 3.05) is 50.7 Å². The molecule has 252 valence electrons. The van der Waals surface area contributed by atoms with Gasteiger partial charge in [-0.25, -0.2) is 18.7 Å². The minimum absolute atomic E-state index is 0.0692. The molecule has 2 aromatic carbocycles. The van der Waals surface area contributed by atoms with E-state index in [2.05, 4.69) is 37.5 Å². The number of aromatic nitrogens is 3. The summed E-state index contributed by atoms with van der Waals surface area (Å²) in [6, 6.07) is 13.7. The predicted octanol–water partition coefficient (Wildman–Crippen LogP) is 5.84. The molecule has 9 nitrogen and oxygen atoms in total. The fraction of sp³-hybridized carbons (Fsp3) is 0.351. The van der Waals surface area contributed by atoms with Crippen molar-refractivity contribution in [3.8, 4) is 39.2 Å². The summed E-state index contributed by atoms with van der Waals surface area (Å²) in [6.45, 7) is 10.2. The van der Waals surface area contributed by atoms with Gasteiger partial charge in [0.2, 0.25) is 5.91 Å². The quantitative estimate of drug-likeness (QED) is 0.231. The average Bonchev–Trinajstić information content (AvgIpc) is 3.84. The first-order valence-electron chi connectivity index (χ1n) is 16.6. The molecule has 5 aromatic rings. The number of hydrogen-bond donors (Lipinski definition) is 1. The molecule has 1 atom stereocenters. The van der Waals surface area contributed by atoms with Gasteiger partial charge in [0.05, 0.1) is 35.4 Å². The maximum absolute atomic E-state index is 16.3. The second-order valence-electron chi connectivity index (χ2n) is 12.8. The van der Waals surface area contributed by atoms with Crippen molar-refractivity contribution in [1.82, 2.24) is 24.2 Å². The Morgan fingerprint density at radius 2 is 1.78 bits per heavy atom. The standard InChI is InChI=1S/C37H37F2N7O2S/c1-4-30-35(28-9-10-29(33(39)23(28)3)37-42-34(31(18-40)49-37)24-5-7-25(38)8-6-24)46-19-26(17-22(2)36(46)41-30)44-15-13-43(14-16-44)21-32(48)45-12-11-27(47)20-45/h5-10,17,19,27,47H,4,11-16,20-21H2,1-3H3/t27-/m1/s1. The molecule has 2 aliphatic heterocycles. The molecule has 2 aliphatic rings. The van der Waals surface area contributed by atoms with Crippen molar-refractivity contribution in [2.45, 2.75) is 39.7 Å². The molecular weight excluding hydrogens is 645 g/mol. The number of thiazole rings is 1. The highest BCUT2D eigenvalue weighted by Crippen LogP contribution is 2.39. The molecule has 12 heteroatoms. The number of halogens is 2. The molecule has 0 bridgehead atoms. The average molecular weight is 682 g/mol. The van der Waals surface area contributed by atoms with Crippen molar-refractivity contribution in [3.63, 3.8) is 0 Å². The number of fused-ring (bicyclic) bond motifs is 1. The van der Waals surface area contributed by atoms with E-state index in [4.69, 9.17) is 4.98 Å². The van der Waals surface area contributed by atoms with E-state index < -0.39 is 11.9 Å². The Hall–Kier alpha value is -4.70. The van der Waals surface area contributed by atoms with Crippen LogP contribution in [0.2, 0.25) is 0 Å². The first-order valence-corrected chi connectivity index (χ1v) is 17.4. The fourth-order valence-corrected chi connectivity index (χ4v) is 7.79. The number of likely N-dealkylation sites (tertiary alicyclic amines) is 1. The van der Waals surface area contributed by atoms with Crippen molar-refractivity contribution >= 4 is 28.6 Å². The van der Waals surface area contributed by atoms with E-state index in [-0.39, 0.29) is 11.7 Å². The number of carbonyl (C=O) groups excluding carboxylic acids is 1. The van der Waals surface area contributed by atoms with Crippen LogP contribution in [0.15, 0.2) is 48.7 Å². The lowest BCUT2D eigenvalue weighted by molar-refractivity contribution is -0.131. The van der Waals surface area contributed by atoms with Gasteiger partial charge in [-0.1, -0.05) is 13.0 Å². The summed E-state index contributed by atoms with van der Waals surface area (Å²) in [4.78, 5) is 28.9. The van der Waals surface area contributed by atoms with Gasteiger partial charge in [-0.3, -0.25) is 14.1 Å². The molecule has 2 saturated heterocycles. The van der Waals surface area contributed by atoms with E-state index in [1.165, 1.54) is 12.1 Å². The third kappa shape index (κ3) is 6.18. The molecule has 5 heterocycles. The van der Waals surface area contributed by atoms with E-state index in [9.17, 15) is 19.6 Å².